The summed E-state index contributed by atoms with van der Waals surface area (Å²) in [6.07, 6.45) is 1.94. The first-order chi connectivity index (χ1) is 8.47. The third-order valence-corrected chi connectivity index (χ3v) is 3.90. The van der Waals surface area contributed by atoms with Crippen molar-refractivity contribution in [3.8, 4) is 0 Å². The molecular formula is C12H6Cl3IN2. The number of aromatic nitrogens is 2. The molecule has 0 amide bonds. The largest absolute Gasteiger partial charge is 0.313 e. The number of halogens is 4. The molecule has 0 unspecified atom stereocenters. The molecule has 3 aromatic rings. The van der Waals surface area contributed by atoms with E-state index in [4.69, 9.17) is 34.8 Å². The van der Waals surface area contributed by atoms with E-state index in [-0.39, 0.29) is 0 Å². The zero-order valence-corrected chi connectivity index (χ0v) is 13.3. The fourth-order valence-corrected chi connectivity index (χ4v) is 2.85. The van der Waals surface area contributed by atoms with Gasteiger partial charge in [0.2, 0.25) is 3.79 Å². The van der Waals surface area contributed by atoms with Crippen LogP contribution in [-0.4, -0.2) is 9.38 Å². The van der Waals surface area contributed by atoms with Crippen LogP contribution in [0, 0.1) is 3.57 Å². The fourth-order valence-electron chi connectivity index (χ4n) is 1.96. The third kappa shape index (κ3) is 2.07. The maximum Gasteiger partial charge on any atom is 0.234 e. The van der Waals surface area contributed by atoms with Crippen LogP contribution in [-0.2, 0) is 3.79 Å². The minimum Gasteiger partial charge on any atom is -0.313 e. The van der Waals surface area contributed by atoms with Crippen molar-refractivity contribution >= 4 is 73.9 Å². The Morgan fingerprint density at radius 3 is 2.61 bits per heavy atom. The van der Waals surface area contributed by atoms with E-state index in [9.17, 15) is 0 Å². The number of hydrogen-bond donors (Lipinski definition) is 0. The first-order valence-corrected chi connectivity index (χ1v) is 7.31. The SMILES string of the molecule is ClC(Cl)(Cl)c1nc2cc(I)ccc2n2cccc12. The Bertz CT molecular complexity index is 746. The maximum absolute atomic E-state index is 5.99. The van der Waals surface area contributed by atoms with Crippen LogP contribution in [0.1, 0.15) is 5.69 Å². The molecule has 3 rings (SSSR count). The van der Waals surface area contributed by atoms with Crippen LogP contribution in [0.2, 0.25) is 0 Å². The smallest absolute Gasteiger partial charge is 0.234 e. The summed E-state index contributed by atoms with van der Waals surface area (Å²) in [4.78, 5) is 4.49. The molecule has 2 nitrogen and oxygen atoms in total. The molecule has 0 radical (unpaired) electrons. The van der Waals surface area contributed by atoms with Crippen LogP contribution < -0.4 is 0 Å². The molecule has 6 heteroatoms. The fraction of sp³-hybridized carbons (Fsp3) is 0.0833. The molecule has 18 heavy (non-hydrogen) atoms. The van der Waals surface area contributed by atoms with Crippen molar-refractivity contribution in [1.82, 2.24) is 9.38 Å². The highest BCUT2D eigenvalue weighted by Crippen LogP contribution is 2.40. The van der Waals surface area contributed by atoms with Gasteiger partial charge in [-0.3, -0.25) is 0 Å². The molecule has 0 N–H and O–H groups in total. The van der Waals surface area contributed by atoms with Crippen LogP contribution in [0.15, 0.2) is 36.5 Å². The Morgan fingerprint density at radius 2 is 1.89 bits per heavy atom. The molecule has 0 saturated carbocycles. The molecule has 0 fully saturated rings. The Hall–Kier alpha value is -0.230. The van der Waals surface area contributed by atoms with Gasteiger partial charge in [0, 0.05) is 9.77 Å². The van der Waals surface area contributed by atoms with Crippen LogP contribution in [0.3, 0.4) is 0 Å². The molecule has 0 saturated heterocycles. The van der Waals surface area contributed by atoms with E-state index >= 15 is 0 Å². The van der Waals surface area contributed by atoms with E-state index in [1.807, 2.05) is 40.9 Å². The molecule has 0 aliphatic heterocycles. The highest BCUT2D eigenvalue weighted by molar-refractivity contribution is 14.1. The molecule has 1 aromatic carbocycles. The second kappa shape index (κ2) is 4.40. The van der Waals surface area contributed by atoms with Gasteiger partial charge in [-0.15, -0.1) is 0 Å². The average molecular weight is 411 g/mol. The predicted molar refractivity (Wildman–Crippen MR) is 84.7 cm³/mol. The molecule has 2 heterocycles. The summed E-state index contributed by atoms with van der Waals surface area (Å²) < 4.78 is 1.54. The highest BCUT2D eigenvalue weighted by Gasteiger charge is 2.28. The average Bonchev–Trinajstić information content (AvgIpc) is 2.74. The van der Waals surface area contributed by atoms with E-state index in [0.29, 0.717) is 5.69 Å². The lowest BCUT2D eigenvalue weighted by Crippen LogP contribution is -2.07. The van der Waals surface area contributed by atoms with E-state index in [1.54, 1.807) is 0 Å². The minimum absolute atomic E-state index is 0.451. The van der Waals surface area contributed by atoms with Gasteiger partial charge in [-0.25, -0.2) is 4.98 Å². The molecule has 92 valence electrons. The quantitative estimate of drug-likeness (QED) is 0.379. The summed E-state index contributed by atoms with van der Waals surface area (Å²) in [5.41, 5.74) is 3.07. The zero-order valence-electron chi connectivity index (χ0n) is 8.87. The van der Waals surface area contributed by atoms with Crippen LogP contribution in [0.25, 0.3) is 16.6 Å². The first-order valence-electron chi connectivity index (χ1n) is 5.10. The first kappa shape index (κ1) is 12.8. The van der Waals surface area contributed by atoms with Crippen LogP contribution in [0.5, 0.6) is 0 Å². The van der Waals surface area contributed by atoms with Crippen molar-refractivity contribution in [3.63, 3.8) is 0 Å². The number of nitrogens with zero attached hydrogens (tertiary/aromatic N) is 2. The lowest BCUT2D eigenvalue weighted by atomic mass is 10.2. The Morgan fingerprint density at radius 1 is 1.11 bits per heavy atom. The summed E-state index contributed by atoms with van der Waals surface area (Å²) in [6, 6.07) is 9.81. The number of alkyl halides is 3. The van der Waals surface area contributed by atoms with E-state index in [0.717, 1.165) is 20.1 Å². The maximum atomic E-state index is 5.99. The normalized spacial score (nSPS) is 12.4. The van der Waals surface area contributed by atoms with Gasteiger partial charge in [-0.2, -0.15) is 0 Å². The number of benzene rings is 1. The third-order valence-electron chi connectivity index (χ3n) is 2.69. The minimum atomic E-state index is -1.53. The summed E-state index contributed by atoms with van der Waals surface area (Å²) in [5.74, 6) is 0. The Labute approximate surface area is 132 Å². The van der Waals surface area contributed by atoms with Gasteiger partial charge < -0.3 is 4.40 Å². The van der Waals surface area contributed by atoms with Gasteiger partial charge in [0.15, 0.2) is 0 Å². The van der Waals surface area contributed by atoms with Crippen molar-refractivity contribution < 1.29 is 0 Å². The zero-order chi connectivity index (χ0) is 12.9. The molecule has 0 bridgehead atoms. The van der Waals surface area contributed by atoms with Crippen LogP contribution >= 0.6 is 57.4 Å². The predicted octanol–water partition coefficient (Wildman–Crippen LogP) is 4.92. The van der Waals surface area contributed by atoms with Crippen molar-refractivity contribution in [2.24, 2.45) is 0 Å². The Balaban J connectivity index is 2.51. The lowest BCUT2D eigenvalue weighted by Gasteiger charge is -2.14. The monoisotopic (exact) mass is 410 g/mol. The summed E-state index contributed by atoms with van der Waals surface area (Å²) >= 11 is 20.2. The van der Waals surface area contributed by atoms with Gasteiger partial charge in [0.05, 0.1) is 16.6 Å². The molecule has 0 spiro atoms. The standard InChI is InChI=1S/C12H6Cl3IN2/c13-12(14,15)11-10-2-1-5-18(10)9-4-3-7(16)6-8(9)17-11/h1-6H. The van der Waals surface area contributed by atoms with E-state index in [2.05, 4.69) is 27.6 Å². The number of hydrogen-bond acceptors (Lipinski definition) is 1. The van der Waals surface area contributed by atoms with Crippen molar-refractivity contribution in [2.45, 2.75) is 3.79 Å². The summed E-state index contributed by atoms with van der Waals surface area (Å²) in [6.45, 7) is 0. The van der Waals surface area contributed by atoms with Crippen molar-refractivity contribution in [2.75, 3.05) is 0 Å². The molecule has 0 aliphatic carbocycles. The van der Waals surface area contributed by atoms with E-state index < -0.39 is 3.79 Å². The molecule has 0 atom stereocenters. The van der Waals surface area contributed by atoms with E-state index in [1.165, 1.54) is 0 Å². The molecule has 2 aromatic heterocycles. The van der Waals surface area contributed by atoms with Crippen molar-refractivity contribution in [1.29, 1.82) is 0 Å². The second-order valence-corrected chi connectivity index (χ2v) is 7.38. The van der Waals surface area contributed by atoms with Gasteiger partial charge >= 0.3 is 0 Å². The highest BCUT2D eigenvalue weighted by atomic mass is 127. The second-order valence-electron chi connectivity index (χ2n) is 3.85. The lowest BCUT2D eigenvalue weighted by molar-refractivity contribution is 1.09. The van der Waals surface area contributed by atoms with Gasteiger partial charge in [-0.1, -0.05) is 34.8 Å². The molecular weight excluding hydrogens is 405 g/mol. The number of fused-ring (bicyclic) bond motifs is 3. The van der Waals surface area contributed by atoms with Gasteiger partial charge in [0.1, 0.15) is 5.69 Å². The topological polar surface area (TPSA) is 17.3 Å². The number of rotatable bonds is 0. The van der Waals surface area contributed by atoms with Crippen molar-refractivity contribution in [3.05, 3.63) is 45.8 Å². The van der Waals surface area contributed by atoms with Gasteiger partial charge in [0.25, 0.3) is 0 Å². The Kier molecular flexibility index (Phi) is 3.13. The van der Waals surface area contributed by atoms with Gasteiger partial charge in [-0.05, 0) is 52.9 Å². The molecule has 0 aliphatic rings. The summed E-state index contributed by atoms with van der Waals surface area (Å²) in [5, 5.41) is 0. The van der Waals surface area contributed by atoms with Crippen LogP contribution in [0.4, 0.5) is 0 Å². The summed E-state index contributed by atoms with van der Waals surface area (Å²) in [7, 11) is 0.